The molecule has 1 aromatic carbocycles. The van der Waals surface area contributed by atoms with Crippen LogP contribution in [0, 0.1) is 11.7 Å². The number of nitrogens with one attached hydrogen (secondary N) is 1. The van der Waals surface area contributed by atoms with Gasteiger partial charge in [0.15, 0.2) is 0 Å². The number of hydrogen-bond donors (Lipinski definition) is 1. The van der Waals surface area contributed by atoms with Gasteiger partial charge < -0.3 is 10.1 Å². The van der Waals surface area contributed by atoms with Gasteiger partial charge in [0.25, 0.3) is 0 Å². The summed E-state index contributed by atoms with van der Waals surface area (Å²) in [6.45, 7) is 5.69. The Morgan fingerprint density at radius 2 is 1.95 bits per heavy atom. The van der Waals surface area contributed by atoms with Crippen LogP contribution in [0.5, 0.6) is 0 Å². The highest BCUT2D eigenvalue weighted by molar-refractivity contribution is 9.10. The Labute approximate surface area is 134 Å². The highest BCUT2D eigenvalue weighted by atomic mass is 79.9. The third-order valence-corrected chi connectivity index (χ3v) is 5.26. The van der Waals surface area contributed by atoms with Gasteiger partial charge in [-0.05, 0) is 42.5 Å². The molecule has 1 aromatic rings. The van der Waals surface area contributed by atoms with E-state index >= 15 is 0 Å². The second-order valence-electron chi connectivity index (χ2n) is 5.85. The fourth-order valence-corrected chi connectivity index (χ4v) is 3.96. The molecule has 0 bridgehead atoms. The number of ether oxygens (including phenoxy) is 1. The fraction of sp³-hybridized carbons (Fsp3) is 0.625. The lowest BCUT2D eigenvalue weighted by Gasteiger charge is -2.41. The van der Waals surface area contributed by atoms with Gasteiger partial charge in [-0.25, -0.2) is 4.39 Å². The maximum absolute atomic E-state index is 13.8. The van der Waals surface area contributed by atoms with Crippen molar-refractivity contribution in [1.82, 2.24) is 10.2 Å². The first-order valence-corrected chi connectivity index (χ1v) is 8.52. The molecule has 1 N–H and O–H groups in total. The van der Waals surface area contributed by atoms with E-state index in [0.717, 1.165) is 62.3 Å². The van der Waals surface area contributed by atoms with Gasteiger partial charge in [0.1, 0.15) is 5.82 Å². The van der Waals surface area contributed by atoms with Crippen molar-refractivity contribution in [1.29, 1.82) is 0 Å². The summed E-state index contributed by atoms with van der Waals surface area (Å²) in [5.41, 5.74) is 1.09. The minimum Gasteiger partial charge on any atom is -0.381 e. The van der Waals surface area contributed by atoms with Crippen molar-refractivity contribution >= 4 is 15.9 Å². The molecule has 0 amide bonds. The molecule has 2 saturated heterocycles. The zero-order chi connectivity index (χ0) is 14.7. The molecule has 1 atom stereocenters. The van der Waals surface area contributed by atoms with Crippen LogP contribution in [0.2, 0.25) is 0 Å². The van der Waals surface area contributed by atoms with Crippen LogP contribution in [0.3, 0.4) is 0 Å². The maximum atomic E-state index is 13.8. The fourth-order valence-electron chi connectivity index (χ4n) is 3.48. The first-order valence-electron chi connectivity index (χ1n) is 7.73. The average molecular weight is 357 g/mol. The Morgan fingerprint density at radius 1 is 1.24 bits per heavy atom. The molecule has 0 aliphatic carbocycles. The first kappa shape index (κ1) is 15.4. The van der Waals surface area contributed by atoms with Crippen molar-refractivity contribution in [3.63, 3.8) is 0 Å². The van der Waals surface area contributed by atoms with Crippen molar-refractivity contribution in [2.75, 3.05) is 39.4 Å². The Balaban J connectivity index is 1.91. The average Bonchev–Trinajstić information content (AvgIpc) is 2.53. The van der Waals surface area contributed by atoms with Gasteiger partial charge in [-0.15, -0.1) is 0 Å². The van der Waals surface area contributed by atoms with Gasteiger partial charge in [-0.1, -0.05) is 15.9 Å². The summed E-state index contributed by atoms with van der Waals surface area (Å²) in [4.78, 5) is 2.51. The van der Waals surface area contributed by atoms with Crippen LogP contribution in [-0.4, -0.2) is 44.3 Å². The molecule has 0 spiro atoms. The largest absolute Gasteiger partial charge is 0.381 e. The highest BCUT2D eigenvalue weighted by Gasteiger charge is 2.32. The van der Waals surface area contributed by atoms with E-state index in [4.69, 9.17) is 4.74 Å². The molecular formula is C16H22BrFN2O. The van der Waals surface area contributed by atoms with E-state index in [2.05, 4.69) is 26.1 Å². The number of benzene rings is 1. The summed E-state index contributed by atoms with van der Waals surface area (Å²) in [6.07, 6.45) is 2.11. The van der Waals surface area contributed by atoms with Crippen LogP contribution in [-0.2, 0) is 4.74 Å². The molecule has 0 radical (unpaired) electrons. The Bertz CT molecular complexity index is 455. The number of nitrogens with zero attached hydrogens (tertiary/aromatic N) is 1. The first-order chi connectivity index (χ1) is 10.3. The summed E-state index contributed by atoms with van der Waals surface area (Å²) in [5, 5.41) is 3.40. The number of rotatable bonds is 3. The SMILES string of the molecule is Fc1ccc(Br)c([C@H](C2CCOCC2)N2CCNCC2)c1. The van der Waals surface area contributed by atoms with Crippen molar-refractivity contribution in [3.8, 4) is 0 Å². The highest BCUT2D eigenvalue weighted by Crippen LogP contribution is 2.38. The Morgan fingerprint density at radius 3 is 2.67 bits per heavy atom. The quantitative estimate of drug-likeness (QED) is 0.900. The van der Waals surface area contributed by atoms with E-state index in [-0.39, 0.29) is 11.9 Å². The van der Waals surface area contributed by atoms with E-state index in [9.17, 15) is 4.39 Å². The van der Waals surface area contributed by atoms with E-state index < -0.39 is 0 Å². The van der Waals surface area contributed by atoms with Gasteiger partial charge >= 0.3 is 0 Å². The van der Waals surface area contributed by atoms with Crippen LogP contribution in [0.1, 0.15) is 24.4 Å². The number of halogens is 2. The van der Waals surface area contributed by atoms with E-state index in [0.29, 0.717) is 5.92 Å². The zero-order valence-corrected chi connectivity index (χ0v) is 13.7. The van der Waals surface area contributed by atoms with Gasteiger partial charge in [-0.2, -0.15) is 0 Å². The molecule has 0 aromatic heterocycles. The van der Waals surface area contributed by atoms with Gasteiger partial charge in [0.05, 0.1) is 0 Å². The van der Waals surface area contributed by atoms with Crippen LogP contribution in [0.4, 0.5) is 4.39 Å². The normalized spacial score (nSPS) is 23.1. The van der Waals surface area contributed by atoms with Crippen molar-refractivity contribution in [2.24, 2.45) is 5.92 Å². The number of piperazine rings is 1. The number of hydrogen-bond acceptors (Lipinski definition) is 3. The molecule has 3 nitrogen and oxygen atoms in total. The lowest BCUT2D eigenvalue weighted by atomic mass is 9.85. The lowest BCUT2D eigenvalue weighted by molar-refractivity contribution is 0.0210. The van der Waals surface area contributed by atoms with Crippen LogP contribution < -0.4 is 5.32 Å². The molecule has 2 aliphatic heterocycles. The van der Waals surface area contributed by atoms with Crippen molar-refractivity contribution in [2.45, 2.75) is 18.9 Å². The predicted octanol–water partition coefficient (Wildman–Crippen LogP) is 2.96. The molecule has 0 saturated carbocycles. The Hall–Kier alpha value is -0.490. The maximum Gasteiger partial charge on any atom is 0.123 e. The monoisotopic (exact) mass is 356 g/mol. The van der Waals surface area contributed by atoms with E-state index in [1.165, 1.54) is 6.07 Å². The van der Waals surface area contributed by atoms with Gasteiger partial charge in [0, 0.05) is 49.9 Å². The van der Waals surface area contributed by atoms with Crippen LogP contribution in [0.15, 0.2) is 22.7 Å². The standard InChI is InChI=1S/C16H22BrFN2O/c17-15-2-1-13(18)11-14(15)16(12-3-9-21-10-4-12)20-7-5-19-6-8-20/h1-2,11-12,16,19H,3-10H2/t16-/m0/s1. The molecule has 0 unspecified atom stereocenters. The minimum atomic E-state index is -0.152. The Kier molecular flexibility index (Phi) is 5.27. The predicted molar refractivity (Wildman–Crippen MR) is 84.8 cm³/mol. The van der Waals surface area contributed by atoms with Crippen molar-refractivity contribution < 1.29 is 9.13 Å². The van der Waals surface area contributed by atoms with Crippen molar-refractivity contribution in [3.05, 3.63) is 34.1 Å². The summed E-state index contributed by atoms with van der Waals surface area (Å²) >= 11 is 3.62. The molecule has 21 heavy (non-hydrogen) atoms. The van der Waals surface area contributed by atoms with Gasteiger partial charge in [0.2, 0.25) is 0 Å². The molecule has 116 valence electrons. The molecule has 2 heterocycles. The lowest BCUT2D eigenvalue weighted by Crippen LogP contribution is -2.47. The van der Waals surface area contributed by atoms with Crippen LogP contribution in [0.25, 0.3) is 0 Å². The molecular weight excluding hydrogens is 335 g/mol. The topological polar surface area (TPSA) is 24.5 Å². The second-order valence-corrected chi connectivity index (χ2v) is 6.70. The zero-order valence-electron chi connectivity index (χ0n) is 12.2. The van der Waals surface area contributed by atoms with E-state index in [1.807, 2.05) is 6.07 Å². The summed E-state index contributed by atoms with van der Waals surface area (Å²) < 4.78 is 20.3. The summed E-state index contributed by atoms with van der Waals surface area (Å²) in [5.74, 6) is 0.385. The van der Waals surface area contributed by atoms with Crippen LogP contribution >= 0.6 is 15.9 Å². The second kappa shape index (κ2) is 7.18. The smallest absolute Gasteiger partial charge is 0.123 e. The van der Waals surface area contributed by atoms with E-state index in [1.54, 1.807) is 6.07 Å². The summed E-state index contributed by atoms with van der Waals surface area (Å²) in [6, 6.07) is 5.33. The molecule has 3 rings (SSSR count). The third-order valence-electron chi connectivity index (χ3n) is 4.53. The van der Waals surface area contributed by atoms with Gasteiger partial charge in [-0.3, -0.25) is 4.90 Å². The molecule has 5 heteroatoms. The summed E-state index contributed by atoms with van der Waals surface area (Å²) in [7, 11) is 0. The third kappa shape index (κ3) is 3.65. The molecule has 2 fully saturated rings. The molecule has 2 aliphatic rings. The minimum absolute atomic E-state index is 0.152.